The van der Waals surface area contributed by atoms with Crippen LogP contribution in [0.5, 0.6) is 0 Å². The molecule has 0 atom stereocenters. The van der Waals surface area contributed by atoms with Gasteiger partial charge in [-0.2, -0.15) is 5.10 Å². The molecule has 0 unspecified atom stereocenters. The lowest BCUT2D eigenvalue weighted by molar-refractivity contribution is 0.0690. The smallest absolute Gasteiger partial charge is 0.356 e. The van der Waals surface area contributed by atoms with Gasteiger partial charge in [-0.25, -0.2) is 9.31 Å². The molecule has 0 aromatic carbocycles. The van der Waals surface area contributed by atoms with Gasteiger partial charge in [0.05, 0.1) is 5.52 Å². The Balaban J connectivity index is 2.76. The number of carboxylic acid groups (broad SMARTS) is 1. The Labute approximate surface area is 88.7 Å². The number of aromatic nitrogens is 2. The molecule has 72 valence electrons. The number of carboxylic acids is 1. The lowest BCUT2D eigenvalue weighted by Crippen LogP contribution is -1.97. The van der Waals surface area contributed by atoms with Crippen LogP contribution in [0.2, 0.25) is 10.2 Å². The van der Waals surface area contributed by atoms with Crippen LogP contribution in [0.25, 0.3) is 5.52 Å². The van der Waals surface area contributed by atoms with Crippen molar-refractivity contribution in [2.45, 2.75) is 0 Å². The van der Waals surface area contributed by atoms with Crippen LogP contribution in [0.15, 0.2) is 18.2 Å². The number of aromatic carboxylic acids is 1. The van der Waals surface area contributed by atoms with Crippen LogP contribution in [0.4, 0.5) is 0 Å². The Morgan fingerprint density at radius 1 is 1.36 bits per heavy atom. The van der Waals surface area contributed by atoms with Crippen LogP contribution in [-0.2, 0) is 0 Å². The first-order chi connectivity index (χ1) is 6.58. The molecule has 0 aliphatic rings. The van der Waals surface area contributed by atoms with Gasteiger partial charge in [-0.3, -0.25) is 0 Å². The Morgan fingerprint density at radius 2 is 2.07 bits per heavy atom. The molecule has 14 heavy (non-hydrogen) atoms. The maximum Gasteiger partial charge on any atom is 0.356 e. The van der Waals surface area contributed by atoms with E-state index in [9.17, 15) is 4.79 Å². The first kappa shape index (κ1) is 9.30. The second kappa shape index (κ2) is 3.15. The quantitative estimate of drug-likeness (QED) is 0.766. The highest BCUT2D eigenvalue weighted by molar-refractivity contribution is 6.34. The van der Waals surface area contributed by atoms with Gasteiger partial charge in [0.1, 0.15) is 5.15 Å². The van der Waals surface area contributed by atoms with Crippen molar-refractivity contribution in [1.82, 2.24) is 9.61 Å². The molecule has 6 heteroatoms. The van der Waals surface area contributed by atoms with Crippen molar-refractivity contribution in [3.05, 3.63) is 34.1 Å². The zero-order valence-corrected chi connectivity index (χ0v) is 8.25. The van der Waals surface area contributed by atoms with Gasteiger partial charge in [0.15, 0.2) is 5.69 Å². The maximum absolute atomic E-state index is 10.6. The molecule has 0 bridgehead atoms. The summed E-state index contributed by atoms with van der Waals surface area (Å²) in [5.41, 5.74) is 0.495. The predicted octanol–water partition coefficient (Wildman–Crippen LogP) is 2.34. The Morgan fingerprint density at radius 3 is 2.71 bits per heavy atom. The molecule has 0 aliphatic heterocycles. The highest BCUT2D eigenvalue weighted by atomic mass is 35.5. The SMILES string of the molecule is O=C(O)c1cc2cc(Cl)cc(Cl)n2n1. The normalized spacial score (nSPS) is 10.7. The van der Waals surface area contributed by atoms with E-state index in [-0.39, 0.29) is 10.8 Å². The summed E-state index contributed by atoms with van der Waals surface area (Å²) in [4.78, 5) is 10.6. The highest BCUT2D eigenvalue weighted by Gasteiger charge is 2.10. The van der Waals surface area contributed by atoms with Gasteiger partial charge in [0.25, 0.3) is 0 Å². The molecule has 0 aliphatic carbocycles. The van der Waals surface area contributed by atoms with E-state index >= 15 is 0 Å². The molecule has 0 radical (unpaired) electrons. The fraction of sp³-hybridized carbons (Fsp3) is 0. The van der Waals surface area contributed by atoms with Crippen molar-refractivity contribution < 1.29 is 9.90 Å². The Bertz CT molecular complexity index is 521. The molecule has 4 nitrogen and oxygen atoms in total. The lowest BCUT2D eigenvalue weighted by atomic mass is 10.3. The summed E-state index contributed by atoms with van der Waals surface area (Å²) in [7, 11) is 0. The minimum Gasteiger partial charge on any atom is -0.476 e. The summed E-state index contributed by atoms with van der Waals surface area (Å²) >= 11 is 11.5. The number of hydrogen-bond donors (Lipinski definition) is 1. The Hall–Kier alpha value is -1.26. The molecule has 2 aromatic heterocycles. The van der Waals surface area contributed by atoms with E-state index in [1.165, 1.54) is 16.6 Å². The number of halogens is 2. The minimum absolute atomic E-state index is 0.0610. The largest absolute Gasteiger partial charge is 0.476 e. The average molecular weight is 231 g/mol. The van der Waals surface area contributed by atoms with Gasteiger partial charge in [0, 0.05) is 5.02 Å². The molecule has 2 rings (SSSR count). The van der Waals surface area contributed by atoms with Crippen LogP contribution in [0, 0.1) is 0 Å². The van der Waals surface area contributed by atoms with Crippen molar-refractivity contribution in [1.29, 1.82) is 0 Å². The van der Waals surface area contributed by atoms with Gasteiger partial charge < -0.3 is 5.11 Å². The molecule has 0 saturated heterocycles. The van der Waals surface area contributed by atoms with E-state index in [0.717, 1.165) is 0 Å². The molecule has 2 aromatic rings. The molecule has 2 heterocycles. The van der Waals surface area contributed by atoms with Gasteiger partial charge in [0.2, 0.25) is 0 Å². The monoisotopic (exact) mass is 230 g/mol. The summed E-state index contributed by atoms with van der Waals surface area (Å²) < 4.78 is 1.32. The average Bonchev–Trinajstić information content (AvgIpc) is 2.47. The number of carbonyl (C=O) groups is 1. The van der Waals surface area contributed by atoms with Crippen LogP contribution in [0.1, 0.15) is 10.5 Å². The highest BCUT2D eigenvalue weighted by Crippen LogP contribution is 2.20. The summed E-state index contributed by atoms with van der Waals surface area (Å²) in [5.74, 6) is -1.10. The molecule has 0 fully saturated rings. The van der Waals surface area contributed by atoms with Gasteiger partial charge >= 0.3 is 5.97 Å². The summed E-state index contributed by atoms with van der Waals surface area (Å²) in [6.07, 6.45) is 0. The second-order valence-electron chi connectivity index (χ2n) is 2.67. The molecule has 1 N–H and O–H groups in total. The first-order valence-corrected chi connectivity index (χ1v) is 4.41. The molecular weight excluding hydrogens is 227 g/mol. The molecule has 0 saturated carbocycles. The number of pyridine rings is 1. The third-order valence-corrected chi connectivity index (χ3v) is 2.19. The third kappa shape index (κ3) is 1.42. The van der Waals surface area contributed by atoms with Crippen molar-refractivity contribution >= 4 is 34.7 Å². The topological polar surface area (TPSA) is 54.6 Å². The van der Waals surface area contributed by atoms with E-state index in [1.807, 2.05) is 0 Å². The molecule has 0 spiro atoms. The zero-order chi connectivity index (χ0) is 10.3. The third-order valence-electron chi connectivity index (χ3n) is 1.70. The van der Waals surface area contributed by atoms with Crippen molar-refractivity contribution in [3.8, 4) is 0 Å². The predicted molar refractivity (Wildman–Crippen MR) is 52.2 cm³/mol. The number of hydrogen-bond acceptors (Lipinski definition) is 2. The van der Waals surface area contributed by atoms with Crippen LogP contribution >= 0.6 is 23.2 Å². The first-order valence-electron chi connectivity index (χ1n) is 3.66. The van der Waals surface area contributed by atoms with Crippen molar-refractivity contribution in [2.24, 2.45) is 0 Å². The van der Waals surface area contributed by atoms with Gasteiger partial charge in [-0.05, 0) is 18.2 Å². The van der Waals surface area contributed by atoms with E-state index in [0.29, 0.717) is 10.5 Å². The summed E-state index contributed by atoms with van der Waals surface area (Å²) in [5, 5.41) is 13.2. The minimum atomic E-state index is -1.10. The van der Waals surface area contributed by atoms with E-state index in [4.69, 9.17) is 28.3 Å². The molecule has 0 amide bonds. The number of rotatable bonds is 1. The summed E-state index contributed by atoms with van der Waals surface area (Å²) in [6.45, 7) is 0. The van der Waals surface area contributed by atoms with E-state index in [2.05, 4.69) is 5.10 Å². The molecular formula is C8H4Cl2N2O2. The van der Waals surface area contributed by atoms with Gasteiger partial charge in [-0.1, -0.05) is 23.2 Å². The number of nitrogens with zero attached hydrogens (tertiary/aromatic N) is 2. The Kier molecular flexibility index (Phi) is 2.09. The number of fused-ring (bicyclic) bond motifs is 1. The zero-order valence-electron chi connectivity index (χ0n) is 6.74. The van der Waals surface area contributed by atoms with E-state index in [1.54, 1.807) is 6.07 Å². The van der Waals surface area contributed by atoms with Crippen LogP contribution in [0.3, 0.4) is 0 Å². The second-order valence-corrected chi connectivity index (χ2v) is 3.49. The van der Waals surface area contributed by atoms with Crippen LogP contribution in [-0.4, -0.2) is 20.7 Å². The van der Waals surface area contributed by atoms with E-state index < -0.39 is 5.97 Å². The fourth-order valence-electron chi connectivity index (χ4n) is 1.13. The van der Waals surface area contributed by atoms with Gasteiger partial charge in [-0.15, -0.1) is 0 Å². The standard InChI is InChI=1S/C8H4Cl2N2O2/c9-4-1-5-3-6(8(13)14)11-12(5)7(10)2-4/h1-3H,(H,13,14). The lowest BCUT2D eigenvalue weighted by Gasteiger charge is -1.96. The summed E-state index contributed by atoms with van der Waals surface area (Å²) in [6, 6.07) is 4.49. The van der Waals surface area contributed by atoms with Crippen molar-refractivity contribution in [3.63, 3.8) is 0 Å². The van der Waals surface area contributed by atoms with Crippen LogP contribution < -0.4 is 0 Å². The maximum atomic E-state index is 10.6. The fourth-order valence-corrected chi connectivity index (χ4v) is 1.66. The van der Waals surface area contributed by atoms with Crippen molar-refractivity contribution in [2.75, 3.05) is 0 Å².